The summed E-state index contributed by atoms with van der Waals surface area (Å²) in [5.41, 5.74) is 8.40. The number of benzene rings is 2. The zero-order valence-electron chi connectivity index (χ0n) is 16.9. The third-order valence-corrected chi connectivity index (χ3v) is 5.38. The Balaban J connectivity index is 1.65. The Labute approximate surface area is 183 Å². The van der Waals surface area contributed by atoms with E-state index in [9.17, 15) is 19.6 Å². The molecule has 1 aromatic heterocycles. The fourth-order valence-corrected chi connectivity index (χ4v) is 3.90. The highest BCUT2D eigenvalue weighted by atomic mass is 16.4. The van der Waals surface area contributed by atoms with Crippen LogP contribution in [-0.4, -0.2) is 39.0 Å². The third-order valence-electron chi connectivity index (χ3n) is 5.38. The fraction of sp³-hybridized carbons (Fsp3) is 0.130. The van der Waals surface area contributed by atoms with Gasteiger partial charge in [0.1, 0.15) is 6.07 Å². The molecule has 9 heteroatoms. The summed E-state index contributed by atoms with van der Waals surface area (Å²) in [5.74, 6) is -1.78. The second kappa shape index (κ2) is 8.28. The predicted molar refractivity (Wildman–Crippen MR) is 116 cm³/mol. The van der Waals surface area contributed by atoms with Crippen LogP contribution in [-0.2, 0) is 13.1 Å². The van der Waals surface area contributed by atoms with E-state index >= 15 is 0 Å². The summed E-state index contributed by atoms with van der Waals surface area (Å²) in [6.07, 6.45) is 0. The lowest BCUT2D eigenvalue weighted by molar-refractivity contribution is 0.0696. The number of nitriles is 1. The molecule has 1 aliphatic heterocycles. The smallest absolute Gasteiger partial charge is 0.335 e. The number of carbonyl (C=O) groups is 3. The van der Waals surface area contributed by atoms with Crippen LogP contribution in [0.3, 0.4) is 0 Å². The number of aromatic nitrogens is 1. The van der Waals surface area contributed by atoms with Crippen LogP contribution in [0.4, 0.5) is 10.5 Å². The number of nitrogens with two attached hydrogens (primary N) is 1. The summed E-state index contributed by atoms with van der Waals surface area (Å²) in [6.45, 7) is 0.829. The molecule has 9 nitrogen and oxygen atoms in total. The molecule has 2 aromatic carbocycles. The molecular weight excluding hydrogens is 410 g/mol. The molecule has 3 aromatic rings. The normalized spacial score (nSPS) is 12.5. The molecule has 3 amide bonds. The standard InChI is InChI=1S/C23H19N5O4/c24-12-17-19(21(25)29)18-13-27(10-11-28(18)20(17)14-4-2-1-3-5-14)23(32)26-16-8-6-15(7-9-16)22(30)31/h1-9H,10-11,13H2,(H2,25,29)(H,26,32)(H,30,31). The average Bonchev–Trinajstić information content (AvgIpc) is 3.13. The monoisotopic (exact) mass is 429 g/mol. The Hall–Kier alpha value is -4.58. The van der Waals surface area contributed by atoms with E-state index in [4.69, 9.17) is 10.8 Å². The number of aromatic carboxylic acids is 1. The first-order valence-corrected chi connectivity index (χ1v) is 9.80. The lowest BCUT2D eigenvalue weighted by Crippen LogP contribution is -2.41. The number of nitrogens with one attached hydrogen (secondary N) is 1. The Kier molecular flexibility index (Phi) is 5.35. The largest absolute Gasteiger partial charge is 0.478 e. The number of amides is 3. The van der Waals surface area contributed by atoms with E-state index < -0.39 is 17.9 Å². The molecule has 4 rings (SSSR count). The molecule has 0 unspecified atom stereocenters. The summed E-state index contributed by atoms with van der Waals surface area (Å²) in [4.78, 5) is 37.6. The van der Waals surface area contributed by atoms with Crippen molar-refractivity contribution < 1.29 is 19.5 Å². The number of nitrogens with zero attached hydrogens (tertiary/aromatic N) is 3. The minimum absolute atomic E-state index is 0.0961. The molecule has 0 saturated heterocycles. The molecule has 0 fully saturated rings. The molecule has 32 heavy (non-hydrogen) atoms. The van der Waals surface area contributed by atoms with E-state index in [1.54, 1.807) is 0 Å². The molecule has 4 N–H and O–H groups in total. The number of anilines is 1. The number of urea groups is 1. The highest BCUT2D eigenvalue weighted by Gasteiger charge is 2.32. The molecule has 0 bridgehead atoms. The number of hydrogen-bond donors (Lipinski definition) is 3. The molecule has 0 aliphatic carbocycles. The van der Waals surface area contributed by atoms with Gasteiger partial charge in [0.2, 0.25) is 0 Å². The van der Waals surface area contributed by atoms with Crippen LogP contribution in [0.15, 0.2) is 54.6 Å². The number of carboxylic acids is 1. The van der Waals surface area contributed by atoms with Gasteiger partial charge in [0.15, 0.2) is 0 Å². The maximum atomic E-state index is 12.8. The Morgan fingerprint density at radius 2 is 1.72 bits per heavy atom. The van der Waals surface area contributed by atoms with Crippen molar-refractivity contribution in [2.75, 3.05) is 11.9 Å². The van der Waals surface area contributed by atoms with Crippen molar-refractivity contribution in [2.24, 2.45) is 5.73 Å². The lowest BCUT2D eigenvalue weighted by Gasteiger charge is -2.30. The third kappa shape index (κ3) is 3.65. The Bertz CT molecular complexity index is 1260. The first-order valence-electron chi connectivity index (χ1n) is 9.80. The van der Waals surface area contributed by atoms with Crippen LogP contribution in [0.25, 0.3) is 11.3 Å². The molecule has 1 aliphatic rings. The predicted octanol–water partition coefficient (Wildman–Crippen LogP) is 2.87. The second-order valence-electron chi connectivity index (χ2n) is 7.27. The molecular formula is C23H19N5O4. The van der Waals surface area contributed by atoms with E-state index in [1.807, 2.05) is 34.9 Å². The van der Waals surface area contributed by atoms with Gasteiger partial charge in [0.05, 0.1) is 34.6 Å². The molecule has 2 heterocycles. The van der Waals surface area contributed by atoms with E-state index in [-0.39, 0.29) is 23.2 Å². The highest BCUT2D eigenvalue weighted by Crippen LogP contribution is 2.34. The topological polar surface area (TPSA) is 141 Å². The average molecular weight is 429 g/mol. The van der Waals surface area contributed by atoms with Crippen LogP contribution in [0.2, 0.25) is 0 Å². The summed E-state index contributed by atoms with van der Waals surface area (Å²) in [6, 6.07) is 16.8. The molecule has 160 valence electrons. The Morgan fingerprint density at radius 1 is 1.03 bits per heavy atom. The van der Waals surface area contributed by atoms with Gasteiger partial charge in [-0.15, -0.1) is 0 Å². The number of primary amides is 1. The maximum Gasteiger partial charge on any atom is 0.335 e. The van der Waals surface area contributed by atoms with Crippen molar-refractivity contribution in [2.45, 2.75) is 13.1 Å². The van der Waals surface area contributed by atoms with E-state index in [0.717, 1.165) is 5.56 Å². The van der Waals surface area contributed by atoms with E-state index in [0.29, 0.717) is 30.2 Å². The number of fused-ring (bicyclic) bond motifs is 1. The van der Waals surface area contributed by atoms with Crippen molar-refractivity contribution in [3.05, 3.63) is 77.0 Å². The van der Waals surface area contributed by atoms with Gasteiger partial charge in [-0.3, -0.25) is 4.79 Å². The van der Waals surface area contributed by atoms with Gasteiger partial charge in [-0.25, -0.2) is 9.59 Å². The van der Waals surface area contributed by atoms with Gasteiger partial charge in [0.25, 0.3) is 5.91 Å². The van der Waals surface area contributed by atoms with Crippen molar-refractivity contribution in [1.82, 2.24) is 9.47 Å². The quantitative estimate of drug-likeness (QED) is 0.585. The van der Waals surface area contributed by atoms with Crippen LogP contribution in [0, 0.1) is 11.3 Å². The summed E-state index contributed by atoms with van der Waals surface area (Å²) in [7, 11) is 0. The SMILES string of the molecule is N#Cc1c(C(N)=O)c2n(c1-c1ccccc1)CCN(C(=O)Nc1ccc(C(=O)O)cc1)C2. The minimum atomic E-state index is -1.05. The first-order chi connectivity index (χ1) is 15.4. The van der Waals surface area contributed by atoms with Gasteiger partial charge < -0.3 is 25.6 Å². The summed E-state index contributed by atoms with van der Waals surface area (Å²) in [5, 5.41) is 21.5. The molecule has 0 radical (unpaired) electrons. The number of hydrogen-bond acceptors (Lipinski definition) is 4. The van der Waals surface area contributed by atoms with Gasteiger partial charge >= 0.3 is 12.0 Å². The minimum Gasteiger partial charge on any atom is -0.478 e. The highest BCUT2D eigenvalue weighted by molar-refractivity contribution is 6.00. The number of carbonyl (C=O) groups excluding carboxylic acids is 2. The summed E-state index contributed by atoms with van der Waals surface area (Å²) >= 11 is 0. The maximum absolute atomic E-state index is 12.8. The van der Waals surface area contributed by atoms with Crippen LogP contribution in [0.1, 0.15) is 32.0 Å². The molecule has 0 spiro atoms. The van der Waals surface area contributed by atoms with Gasteiger partial charge in [0, 0.05) is 18.8 Å². The van der Waals surface area contributed by atoms with Crippen molar-refractivity contribution >= 4 is 23.6 Å². The number of rotatable bonds is 4. The second-order valence-corrected chi connectivity index (χ2v) is 7.27. The molecule has 0 saturated carbocycles. The van der Waals surface area contributed by atoms with Crippen molar-refractivity contribution in [3.63, 3.8) is 0 Å². The van der Waals surface area contributed by atoms with Crippen LogP contribution in [0.5, 0.6) is 0 Å². The zero-order valence-corrected chi connectivity index (χ0v) is 16.9. The Morgan fingerprint density at radius 3 is 2.31 bits per heavy atom. The first kappa shape index (κ1) is 20.7. The zero-order chi connectivity index (χ0) is 22.8. The van der Waals surface area contributed by atoms with Gasteiger partial charge in [-0.2, -0.15) is 5.26 Å². The van der Waals surface area contributed by atoms with Gasteiger partial charge in [-0.1, -0.05) is 30.3 Å². The number of carboxylic acid groups (broad SMARTS) is 1. The van der Waals surface area contributed by atoms with Gasteiger partial charge in [-0.05, 0) is 29.8 Å². The fourth-order valence-electron chi connectivity index (χ4n) is 3.90. The molecule has 0 atom stereocenters. The van der Waals surface area contributed by atoms with Crippen molar-refractivity contribution in [1.29, 1.82) is 5.26 Å². The van der Waals surface area contributed by atoms with E-state index in [1.165, 1.54) is 29.2 Å². The lowest BCUT2D eigenvalue weighted by atomic mass is 10.0. The summed E-state index contributed by atoms with van der Waals surface area (Å²) < 4.78 is 1.87. The van der Waals surface area contributed by atoms with E-state index in [2.05, 4.69) is 11.4 Å². The van der Waals surface area contributed by atoms with Crippen molar-refractivity contribution in [3.8, 4) is 17.3 Å². The van der Waals surface area contributed by atoms with Crippen LogP contribution >= 0.6 is 0 Å². The van der Waals surface area contributed by atoms with Crippen LogP contribution < -0.4 is 11.1 Å².